The molecule has 0 saturated heterocycles. The number of nitrogens with zero attached hydrogens (tertiary/aromatic N) is 1. The highest BCUT2D eigenvalue weighted by molar-refractivity contribution is 5.94. The Labute approximate surface area is 213 Å². The zero-order valence-electron chi connectivity index (χ0n) is 22.0. The molecule has 0 saturated carbocycles. The third-order valence-corrected chi connectivity index (χ3v) is 5.50. The number of carbonyl (C=O) groups excluding carboxylic acids is 3. The van der Waals surface area contributed by atoms with Crippen LogP contribution in [0.3, 0.4) is 0 Å². The van der Waals surface area contributed by atoms with E-state index in [1.807, 2.05) is 13.8 Å². The maximum absolute atomic E-state index is 13.1. The molecular weight excluding hydrogens is 468 g/mol. The smallest absolute Gasteiger partial charge is 0.326 e. The second kappa shape index (κ2) is 17.5. The number of aliphatic carboxylic acids is 1. The molecule has 0 radical (unpaired) electrons. The van der Waals surface area contributed by atoms with Crippen LogP contribution in [0, 0.1) is 11.8 Å². The average molecular weight is 515 g/mol. The lowest BCUT2D eigenvalue weighted by Gasteiger charge is -2.26. The van der Waals surface area contributed by atoms with Gasteiger partial charge in [-0.25, -0.2) is 4.79 Å². The van der Waals surface area contributed by atoms with Gasteiger partial charge in [0.15, 0.2) is 5.96 Å². The Morgan fingerprint density at radius 1 is 0.806 bits per heavy atom. The van der Waals surface area contributed by atoms with Crippen molar-refractivity contribution in [3.05, 3.63) is 0 Å². The number of aliphatic imine (C=N–C) groups is 1. The number of nitrogens with two attached hydrogens (primary N) is 4. The molecule has 0 bridgehead atoms. The average Bonchev–Trinajstić information content (AvgIpc) is 2.78. The number of carboxylic acids is 1. The highest BCUT2D eigenvalue weighted by atomic mass is 16.4. The molecule has 0 aliphatic rings. The summed E-state index contributed by atoms with van der Waals surface area (Å²) < 4.78 is 0. The van der Waals surface area contributed by atoms with Crippen molar-refractivity contribution in [1.29, 1.82) is 0 Å². The van der Waals surface area contributed by atoms with Crippen molar-refractivity contribution >= 4 is 29.7 Å². The van der Waals surface area contributed by atoms with Crippen LogP contribution in [-0.2, 0) is 19.2 Å². The number of hydrogen-bond acceptors (Lipinski definition) is 7. The van der Waals surface area contributed by atoms with Crippen LogP contribution in [0.15, 0.2) is 4.99 Å². The van der Waals surface area contributed by atoms with Gasteiger partial charge in [0.1, 0.15) is 18.1 Å². The summed E-state index contributed by atoms with van der Waals surface area (Å²) in [5, 5.41) is 17.4. The molecule has 4 unspecified atom stereocenters. The number of hydrogen-bond donors (Lipinski definition) is 8. The summed E-state index contributed by atoms with van der Waals surface area (Å²) in [7, 11) is 0. The van der Waals surface area contributed by atoms with E-state index in [0.717, 1.165) is 0 Å². The molecule has 0 spiro atoms. The lowest BCUT2D eigenvalue weighted by molar-refractivity contribution is -0.142. The molecule has 0 aromatic heterocycles. The van der Waals surface area contributed by atoms with Gasteiger partial charge < -0.3 is 44.0 Å². The van der Waals surface area contributed by atoms with Crippen molar-refractivity contribution in [2.45, 2.75) is 90.4 Å². The van der Waals surface area contributed by atoms with Crippen LogP contribution in [0.5, 0.6) is 0 Å². The van der Waals surface area contributed by atoms with Crippen molar-refractivity contribution in [2.75, 3.05) is 13.1 Å². The van der Waals surface area contributed by atoms with E-state index in [4.69, 9.17) is 22.9 Å². The number of nitrogens with one attached hydrogen (secondary N) is 3. The fourth-order valence-electron chi connectivity index (χ4n) is 3.34. The summed E-state index contributed by atoms with van der Waals surface area (Å²) in [6.45, 7) is 8.03. The Hall–Kier alpha value is -2.93. The largest absolute Gasteiger partial charge is 0.480 e. The third kappa shape index (κ3) is 13.8. The molecule has 0 heterocycles. The summed E-state index contributed by atoms with van der Waals surface area (Å²) in [6, 6.07) is -3.88. The summed E-state index contributed by atoms with van der Waals surface area (Å²) in [6.07, 6.45) is 2.18. The van der Waals surface area contributed by atoms with Crippen LogP contribution in [0.2, 0.25) is 0 Å². The van der Waals surface area contributed by atoms with Crippen LogP contribution in [0.4, 0.5) is 0 Å². The Kier molecular flexibility index (Phi) is 16.1. The van der Waals surface area contributed by atoms with Crippen LogP contribution in [0.1, 0.15) is 66.2 Å². The first-order valence-electron chi connectivity index (χ1n) is 12.4. The molecule has 13 nitrogen and oxygen atoms in total. The summed E-state index contributed by atoms with van der Waals surface area (Å²) in [5.74, 6) is -3.01. The number of unbranched alkanes of at least 4 members (excludes halogenated alkanes) is 1. The molecular formula is C23H46N8O5. The second-order valence-electron chi connectivity index (χ2n) is 9.65. The van der Waals surface area contributed by atoms with Crippen LogP contribution in [0.25, 0.3) is 0 Å². The van der Waals surface area contributed by atoms with E-state index >= 15 is 0 Å². The minimum atomic E-state index is -1.22. The number of amides is 3. The van der Waals surface area contributed by atoms with Gasteiger partial charge in [0, 0.05) is 6.54 Å². The molecule has 0 aromatic carbocycles. The van der Waals surface area contributed by atoms with Gasteiger partial charge in [-0.15, -0.1) is 0 Å². The summed E-state index contributed by atoms with van der Waals surface area (Å²) in [5.41, 5.74) is 22.0. The van der Waals surface area contributed by atoms with Crippen molar-refractivity contribution < 1.29 is 24.3 Å². The fourth-order valence-corrected chi connectivity index (χ4v) is 3.34. The standard InChI is InChI=1S/C23H46N8O5/c1-13(2)12-17(31-21(34)18(25)14(3)4)20(33)29-15(8-5-6-10-24)19(32)30-16(22(35)36)9-7-11-28-23(26)27/h13-18H,5-12,24-25H2,1-4H3,(H,29,33)(H,30,32)(H,31,34)(H,35,36)(H4,26,27,28). The lowest BCUT2D eigenvalue weighted by Crippen LogP contribution is -2.57. The second-order valence-corrected chi connectivity index (χ2v) is 9.65. The predicted octanol–water partition coefficient (Wildman–Crippen LogP) is -1.26. The molecule has 3 amide bonds. The van der Waals surface area contributed by atoms with E-state index in [1.165, 1.54) is 0 Å². The van der Waals surface area contributed by atoms with Crippen molar-refractivity contribution in [1.82, 2.24) is 16.0 Å². The number of carboxylic acid groups (broad SMARTS) is 1. The quantitative estimate of drug-likeness (QED) is 0.0617. The maximum atomic E-state index is 13.1. The van der Waals surface area contributed by atoms with Crippen molar-refractivity contribution in [2.24, 2.45) is 39.8 Å². The molecule has 13 heteroatoms. The first kappa shape index (κ1) is 33.1. The minimum absolute atomic E-state index is 0.0717. The third-order valence-electron chi connectivity index (χ3n) is 5.50. The van der Waals surface area contributed by atoms with Crippen LogP contribution < -0.4 is 38.9 Å². The molecule has 0 rings (SSSR count). The fraction of sp³-hybridized carbons (Fsp3) is 0.783. The van der Waals surface area contributed by atoms with E-state index in [0.29, 0.717) is 32.2 Å². The van der Waals surface area contributed by atoms with E-state index in [2.05, 4.69) is 20.9 Å². The molecule has 208 valence electrons. The molecule has 36 heavy (non-hydrogen) atoms. The zero-order chi connectivity index (χ0) is 27.8. The Bertz CT molecular complexity index is 740. The maximum Gasteiger partial charge on any atom is 0.326 e. The van der Waals surface area contributed by atoms with Crippen molar-refractivity contribution in [3.63, 3.8) is 0 Å². The zero-order valence-corrected chi connectivity index (χ0v) is 22.0. The molecule has 0 fully saturated rings. The van der Waals surface area contributed by atoms with E-state index < -0.39 is 47.9 Å². The summed E-state index contributed by atoms with van der Waals surface area (Å²) in [4.78, 5) is 54.1. The van der Waals surface area contributed by atoms with Gasteiger partial charge in [0.25, 0.3) is 0 Å². The Morgan fingerprint density at radius 3 is 1.83 bits per heavy atom. The topological polar surface area (TPSA) is 241 Å². The number of carbonyl (C=O) groups is 4. The number of guanidine groups is 1. The highest BCUT2D eigenvalue weighted by Crippen LogP contribution is 2.09. The van der Waals surface area contributed by atoms with Gasteiger partial charge in [-0.2, -0.15) is 0 Å². The van der Waals surface area contributed by atoms with Crippen LogP contribution in [-0.4, -0.2) is 72.0 Å². The van der Waals surface area contributed by atoms with Gasteiger partial charge in [-0.1, -0.05) is 27.7 Å². The van der Waals surface area contributed by atoms with Gasteiger partial charge in [0.05, 0.1) is 6.04 Å². The first-order chi connectivity index (χ1) is 16.8. The summed E-state index contributed by atoms with van der Waals surface area (Å²) >= 11 is 0. The molecule has 0 aliphatic heterocycles. The monoisotopic (exact) mass is 514 g/mol. The van der Waals surface area contributed by atoms with Gasteiger partial charge >= 0.3 is 5.97 Å². The molecule has 4 atom stereocenters. The van der Waals surface area contributed by atoms with E-state index in [1.54, 1.807) is 13.8 Å². The van der Waals surface area contributed by atoms with E-state index in [-0.39, 0.29) is 37.2 Å². The minimum Gasteiger partial charge on any atom is -0.480 e. The van der Waals surface area contributed by atoms with Gasteiger partial charge in [0.2, 0.25) is 17.7 Å². The predicted molar refractivity (Wildman–Crippen MR) is 139 cm³/mol. The van der Waals surface area contributed by atoms with E-state index in [9.17, 15) is 24.3 Å². The highest BCUT2D eigenvalue weighted by Gasteiger charge is 2.30. The number of rotatable bonds is 18. The SMILES string of the molecule is CC(C)CC(NC(=O)C(N)C(C)C)C(=O)NC(CCCCN)C(=O)NC(CCCN=C(N)N)C(=O)O. The van der Waals surface area contributed by atoms with Gasteiger partial charge in [-0.05, 0) is 56.9 Å². The molecule has 0 aliphatic carbocycles. The first-order valence-corrected chi connectivity index (χ1v) is 12.4. The van der Waals surface area contributed by atoms with Gasteiger partial charge in [-0.3, -0.25) is 19.4 Å². The molecule has 12 N–H and O–H groups in total. The normalized spacial score (nSPS) is 14.4. The lowest BCUT2D eigenvalue weighted by atomic mass is 9.99. The Balaban J connectivity index is 5.50. The Morgan fingerprint density at radius 2 is 1.33 bits per heavy atom. The van der Waals surface area contributed by atoms with Crippen LogP contribution >= 0.6 is 0 Å². The molecule has 0 aromatic rings. The van der Waals surface area contributed by atoms with Crippen molar-refractivity contribution in [3.8, 4) is 0 Å².